The number of aryl methyl sites for hydroxylation is 2. The van der Waals surface area contributed by atoms with Gasteiger partial charge in [-0.2, -0.15) is 15.5 Å². The maximum atomic E-state index is 12.1. The summed E-state index contributed by atoms with van der Waals surface area (Å²) >= 11 is 0. The number of hydrogen-bond acceptors (Lipinski definition) is 8. The standard InChI is InChI=1S/C25H22N6O3/c1-15-11-18(5-4-10-26)12-16(2)22(15)30-23-21(24(32)33)20(14-34-3)29-25(31-23)28-19-8-6-17(13-27)7-9-19/h4-9,11-12H,14H2,1-3H3,(H,32,33)(H2,28,29,30,31)/b5-4+. The first kappa shape index (κ1) is 23.9. The topological polar surface area (TPSA) is 144 Å². The molecule has 0 bridgehead atoms. The minimum atomic E-state index is -1.19. The molecule has 3 N–H and O–H groups in total. The van der Waals surface area contributed by atoms with E-state index in [9.17, 15) is 9.90 Å². The molecule has 0 aliphatic heterocycles. The number of anilines is 4. The van der Waals surface area contributed by atoms with E-state index in [-0.39, 0.29) is 29.6 Å². The van der Waals surface area contributed by atoms with Crippen LogP contribution in [0.2, 0.25) is 0 Å². The summed E-state index contributed by atoms with van der Waals surface area (Å²) in [6.45, 7) is 3.73. The van der Waals surface area contributed by atoms with Gasteiger partial charge in [0, 0.05) is 24.6 Å². The maximum absolute atomic E-state index is 12.1. The van der Waals surface area contributed by atoms with Crippen LogP contribution in [0.3, 0.4) is 0 Å². The van der Waals surface area contributed by atoms with Gasteiger partial charge in [-0.25, -0.2) is 9.78 Å². The van der Waals surface area contributed by atoms with Gasteiger partial charge < -0.3 is 20.5 Å². The summed E-state index contributed by atoms with van der Waals surface area (Å²) in [6.07, 6.45) is 3.10. The van der Waals surface area contributed by atoms with Crippen LogP contribution in [0.4, 0.5) is 23.1 Å². The van der Waals surface area contributed by atoms with Gasteiger partial charge in [-0.15, -0.1) is 0 Å². The third-order valence-electron chi connectivity index (χ3n) is 4.90. The van der Waals surface area contributed by atoms with Crippen LogP contribution in [0, 0.1) is 36.5 Å². The fraction of sp³-hybridized carbons (Fsp3) is 0.160. The number of rotatable bonds is 8. The Morgan fingerprint density at radius 2 is 1.79 bits per heavy atom. The zero-order valence-electron chi connectivity index (χ0n) is 18.9. The van der Waals surface area contributed by atoms with Gasteiger partial charge in [-0.05, 0) is 73.0 Å². The monoisotopic (exact) mass is 454 g/mol. The highest BCUT2D eigenvalue weighted by atomic mass is 16.5. The highest BCUT2D eigenvalue weighted by molar-refractivity contribution is 5.96. The first-order valence-electron chi connectivity index (χ1n) is 10.2. The summed E-state index contributed by atoms with van der Waals surface area (Å²) in [6, 6.07) is 14.5. The van der Waals surface area contributed by atoms with E-state index in [4.69, 9.17) is 15.3 Å². The van der Waals surface area contributed by atoms with Crippen molar-refractivity contribution < 1.29 is 14.6 Å². The largest absolute Gasteiger partial charge is 0.477 e. The average Bonchev–Trinajstić information content (AvgIpc) is 2.80. The molecule has 2 aromatic carbocycles. The molecule has 0 saturated heterocycles. The van der Waals surface area contributed by atoms with Crippen molar-refractivity contribution in [2.75, 3.05) is 17.7 Å². The summed E-state index contributed by atoms with van der Waals surface area (Å²) in [7, 11) is 1.45. The SMILES string of the molecule is COCc1nc(Nc2ccc(C#N)cc2)nc(Nc2c(C)cc(/C=C/C#N)cc2C)c1C(=O)O. The molecule has 9 nitrogen and oxygen atoms in total. The highest BCUT2D eigenvalue weighted by Gasteiger charge is 2.22. The molecule has 1 heterocycles. The molecule has 9 heteroatoms. The Morgan fingerprint density at radius 3 is 2.35 bits per heavy atom. The van der Waals surface area contributed by atoms with Crippen LogP contribution in [0.25, 0.3) is 6.08 Å². The van der Waals surface area contributed by atoms with Crippen LogP contribution in [0.1, 0.15) is 38.3 Å². The fourth-order valence-corrected chi connectivity index (χ4v) is 3.42. The molecular formula is C25H22N6O3. The summed E-state index contributed by atoms with van der Waals surface area (Å²) in [5.41, 5.74) is 4.50. The predicted molar refractivity (Wildman–Crippen MR) is 128 cm³/mol. The van der Waals surface area contributed by atoms with Crippen molar-refractivity contribution in [2.45, 2.75) is 20.5 Å². The summed E-state index contributed by atoms with van der Waals surface area (Å²) in [5.74, 6) is -0.909. The Morgan fingerprint density at radius 1 is 1.12 bits per heavy atom. The van der Waals surface area contributed by atoms with Crippen LogP contribution in [0.15, 0.2) is 42.5 Å². The lowest BCUT2D eigenvalue weighted by Crippen LogP contribution is -2.14. The molecule has 0 spiro atoms. The summed E-state index contributed by atoms with van der Waals surface area (Å²) in [5, 5.41) is 33.9. The average molecular weight is 454 g/mol. The van der Waals surface area contributed by atoms with Crippen molar-refractivity contribution in [3.63, 3.8) is 0 Å². The number of nitriles is 2. The Kier molecular flexibility index (Phi) is 7.55. The van der Waals surface area contributed by atoms with Crippen molar-refractivity contribution in [1.82, 2.24) is 9.97 Å². The summed E-state index contributed by atoms with van der Waals surface area (Å²) < 4.78 is 5.18. The van der Waals surface area contributed by atoms with Gasteiger partial charge in [-0.3, -0.25) is 0 Å². The number of methoxy groups -OCH3 is 1. The van der Waals surface area contributed by atoms with Crippen molar-refractivity contribution >= 4 is 35.2 Å². The number of hydrogen-bond donors (Lipinski definition) is 3. The van der Waals surface area contributed by atoms with Crippen LogP contribution in [-0.2, 0) is 11.3 Å². The number of benzene rings is 2. The molecule has 3 rings (SSSR count). The van der Waals surface area contributed by atoms with Crippen LogP contribution < -0.4 is 10.6 Å². The van der Waals surface area contributed by atoms with Gasteiger partial charge in [-0.1, -0.05) is 0 Å². The molecule has 3 aromatic rings. The number of carboxylic acids is 1. The lowest BCUT2D eigenvalue weighted by Gasteiger charge is -2.18. The van der Waals surface area contributed by atoms with E-state index in [2.05, 4.69) is 26.7 Å². The van der Waals surface area contributed by atoms with E-state index in [1.54, 1.807) is 30.3 Å². The Bertz CT molecular complexity index is 1310. The molecule has 0 fully saturated rings. The van der Waals surface area contributed by atoms with Gasteiger partial charge >= 0.3 is 5.97 Å². The number of allylic oxidation sites excluding steroid dienone is 1. The molecule has 1 aromatic heterocycles. The summed E-state index contributed by atoms with van der Waals surface area (Å²) in [4.78, 5) is 20.9. The number of aromatic nitrogens is 2. The minimum Gasteiger partial charge on any atom is -0.477 e. The molecule has 0 radical (unpaired) electrons. The number of carboxylic acid groups (broad SMARTS) is 1. The first-order chi connectivity index (χ1) is 16.4. The minimum absolute atomic E-state index is 0.0310. The molecule has 34 heavy (non-hydrogen) atoms. The molecule has 0 saturated carbocycles. The fourth-order valence-electron chi connectivity index (χ4n) is 3.42. The smallest absolute Gasteiger partial charge is 0.341 e. The molecule has 0 unspecified atom stereocenters. The second-order valence-corrected chi connectivity index (χ2v) is 7.39. The highest BCUT2D eigenvalue weighted by Crippen LogP contribution is 2.30. The number of ether oxygens (including phenoxy) is 1. The van der Waals surface area contributed by atoms with Crippen molar-refractivity contribution in [2.24, 2.45) is 0 Å². The van der Waals surface area contributed by atoms with Crippen molar-refractivity contribution in [1.29, 1.82) is 10.5 Å². The second kappa shape index (κ2) is 10.7. The van der Waals surface area contributed by atoms with Gasteiger partial charge in [0.25, 0.3) is 0 Å². The van der Waals surface area contributed by atoms with Gasteiger partial charge in [0.1, 0.15) is 5.56 Å². The van der Waals surface area contributed by atoms with E-state index in [0.717, 1.165) is 16.7 Å². The van der Waals surface area contributed by atoms with Crippen LogP contribution in [0.5, 0.6) is 0 Å². The molecular weight excluding hydrogens is 432 g/mol. The van der Waals surface area contributed by atoms with Crippen LogP contribution >= 0.6 is 0 Å². The molecule has 0 atom stereocenters. The predicted octanol–water partition coefficient (Wildman–Crippen LogP) is 4.83. The second-order valence-electron chi connectivity index (χ2n) is 7.39. The number of aromatic carboxylic acids is 1. The Balaban J connectivity index is 2.07. The normalized spacial score (nSPS) is 10.5. The third-order valence-corrected chi connectivity index (χ3v) is 4.90. The van der Waals surface area contributed by atoms with E-state index < -0.39 is 5.97 Å². The van der Waals surface area contributed by atoms with Crippen molar-refractivity contribution in [3.8, 4) is 12.1 Å². The maximum Gasteiger partial charge on any atom is 0.341 e. The van der Waals surface area contributed by atoms with E-state index in [0.29, 0.717) is 16.9 Å². The molecule has 0 amide bonds. The third kappa shape index (κ3) is 5.54. The Hall–Kier alpha value is -4.73. The van der Waals surface area contributed by atoms with Crippen LogP contribution in [-0.4, -0.2) is 28.2 Å². The van der Waals surface area contributed by atoms with Crippen molar-refractivity contribution in [3.05, 3.63) is 76.0 Å². The zero-order chi connectivity index (χ0) is 24.7. The van der Waals surface area contributed by atoms with E-state index in [1.807, 2.05) is 32.0 Å². The Labute approximate surface area is 197 Å². The van der Waals surface area contributed by atoms with E-state index in [1.165, 1.54) is 13.2 Å². The van der Waals surface area contributed by atoms with Gasteiger partial charge in [0.2, 0.25) is 5.95 Å². The number of nitrogens with zero attached hydrogens (tertiary/aromatic N) is 4. The van der Waals surface area contributed by atoms with Gasteiger partial charge in [0.15, 0.2) is 5.82 Å². The lowest BCUT2D eigenvalue weighted by atomic mass is 10.0. The number of carbonyl (C=O) groups is 1. The molecule has 0 aliphatic rings. The number of nitrogens with one attached hydrogen (secondary N) is 2. The molecule has 0 aliphatic carbocycles. The van der Waals surface area contributed by atoms with Gasteiger partial charge in [0.05, 0.1) is 30.0 Å². The molecule has 170 valence electrons. The quantitative estimate of drug-likeness (QED) is 0.407. The van der Waals surface area contributed by atoms with E-state index >= 15 is 0 Å². The lowest BCUT2D eigenvalue weighted by molar-refractivity contribution is 0.0691. The zero-order valence-corrected chi connectivity index (χ0v) is 18.9. The first-order valence-corrected chi connectivity index (χ1v) is 10.2.